The minimum Gasteiger partial charge on any atom is -0.374 e. The number of likely N-dealkylation sites (tertiary alicyclic amines) is 1. The molecule has 0 spiro atoms. The maximum atomic E-state index is 12.7. The number of aromatic nitrogens is 2. The second-order valence-corrected chi connectivity index (χ2v) is 6.54. The maximum absolute atomic E-state index is 12.7. The summed E-state index contributed by atoms with van der Waals surface area (Å²) >= 11 is 0. The Hall–Kier alpha value is -1.89. The van der Waals surface area contributed by atoms with Crippen LogP contribution in [0.15, 0.2) is 18.5 Å². The van der Waals surface area contributed by atoms with Crippen molar-refractivity contribution in [2.24, 2.45) is 0 Å². The first-order chi connectivity index (χ1) is 11.7. The number of ether oxygens (including phenoxy) is 1. The summed E-state index contributed by atoms with van der Waals surface area (Å²) in [4.78, 5) is 28.3. The van der Waals surface area contributed by atoms with E-state index in [1.165, 1.54) is 0 Å². The lowest BCUT2D eigenvalue weighted by Gasteiger charge is -2.27. The summed E-state index contributed by atoms with van der Waals surface area (Å²) in [5, 5.41) is 4.21. The zero-order chi connectivity index (χ0) is 16.8. The van der Waals surface area contributed by atoms with Gasteiger partial charge in [0.1, 0.15) is 0 Å². The van der Waals surface area contributed by atoms with Gasteiger partial charge >= 0.3 is 0 Å². The van der Waals surface area contributed by atoms with E-state index in [1.807, 2.05) is 21.8 Å². The summed E-state index contributed by atoms with van der Waals surface area (Å²) in [6, 6.07) is 1.88. The van der Waals surface area contributed by atoms with Gasteiger partial charge in [-0.15, -0.1) is 0 Å². The van der Waals surface area contributed by atoms with Gasteiger partial charge in [-0.2, -0.15) is 5.10 Å². The smallest absolute Gasteiger partial charge is 0.242 e. The fourth-order valence-corrected chi connectivity index (χ4v) is 3.32. The molecule has 3 heterocycles. The third-order valence-electron chi connectivity index (χ3n) is 4.65. The molecule has 0 bridgehead atoms. The van der Waals surface area contributed by atoms with Gasteiger partial charge in [0.05, 0.1) is 19.2 Å². The first-order valence-electron chi connectivity index (χ1n) is 8.87. The molecular weight excluding hydrogens is 308 g/mol. The van der Waals surface area contributed by atoms with Crippen molar-refractivity contribution in [1.82, 2.24) is 19.6 Å². The SMILES string of the molecule is O=C1CCCCCN1CC(=O)N1CCCO[C@@H](Cn2cccn2)C1. The molecule has 1 atom stereocenters. The van der Waals surface area contributed by atoms with Crippen molar-refractivity contribution in [3.05, 3.63) is 18.5 Å². The van der Waals surface area contributed by atoms with E-state index in [-0.39, 0.29) is 24.5 Å². The molecule has 2 aliphatic heterocycles. The molecule has 0 N–H and O–H groups in total. The molecular formula is C17H26N4O3. The molecule has 1 aromatic rings. The molecule has 132 valence electrons. The number of hydrogen-bond acceptors (Lipinski definition) is 4. The average molecular weight is 334 g/mol. The van der Waals surface area contributed by atoms with E-state index < -0.39 is 0 Å². The van der Waals surface area contributed by atoms with Gasteiger partial charge in [-0.1, -0.05) is 6.42 Å². The van der Waals surface area contributed by atoms with Crippen LogP contribution in [0.5, 0.6) is 0 Å². The molecule has 7 heteroatoms. The molecule has 0 unspecified atom stereocenters. The second-order valence-electron chi connectivity index (χ2n) is 6.54. The van der Waals surface area contributed by atoms with Gasteiger partial charge in [-0.3, -0.25) is 14.3 Å². The largest absolute Gasteiger partial charge is 0.374 e. The molecule has 0 aliphatic carbocycles. The van der Waals surface area contributed by atoms with Gasteiger partial charge < -0.3 is 14.5 Å². The van der Waals surface area contributed by atoms with Gasteiger partial charge in [0.25, 0.3) is 0 Å². The van der Waals surface area contributed by atoms with E-state index in [1.54, 1.807) is 11.1 Å². The monoisotopic (exact) mass is 334 g/mol. The Morgan fingerprint density at radius 3 is 3.00 bits per heavy atom. The zero-order valence-corrected chi connectivity index (χ0v) is 14.1. The van der Waals surface area contributed by atoms with E-state index in [0.717, 1.165) is 25.7 Å². The molecule has 0 saturated carbocycles. The quantitative estimate of drug-likeness (QED) is 0.821. The minimum atomic E-state index is -0.0591. The predicted octanol–water partition coefficient (Wildman–Crippen LogP) is 0.903. The third kappa shape index (κ3) is 4.56. The van der Waals surface area contributed by atoms with Crippen LogP contribution in [0, 0.1) is 0 Å². The highest BCUT2D eigenvalue weighted by Gasteiger charge is 2.26. The van der Waals surface area contributed by atoms with Crippen LogP contribution in [0.3, 0.4) is 0 Å². The Kier molecular flexibility index (Phi) is 5.85. The fourth-order valence-electron chi connectivity index (χ4n) is 3.32. The Morgan fingerprint density at radius 1 is 1.25 bits per heavy atom. The normalized spacial score (nSPS) is 23.0. The van der Waals surface area contributed by atoms with Crippen LogP contribution >= 0.6 is 0 Å². The molecule has 2 aliphatic rings. The fraction of sp³-hybridized carbons (Fsp3) is 0.706. The lowest BCUT2D eigenvalue weighted by Crippen LogP contribution is -2.45. The Morgan fingerprint density at radius 2 is 2.17 bits per heavy atom. The highest BCUT2D eigenvalue weighted by Crippen LogP contribution is 2.13. The van der Waals surface area contributed by atoms with Crippen molar-refractivity contribution in [2.75, 3.05) is 32.8 Å². The zero-order valence-electron chi connectivity index (χ0n) is 14.1. The Bertz CT molecular complexity index is 546. The third-order valence-corrected chi connectivity index (χ3v) is 4.65. The number of nitrogens with zero attached hydrogens (tertiary/aromatic N) is 4. The van der Waals surface area contributed by atoms with Crippen molar-refractivity contribution in [3.8, 4) is 0 Å². The number of rotatable bonds is 4. The van der Waals surface area contributed by atoms with Crippen LogP contribution in [-0.4, -0.2) is 70.3 Å². The lowest BCUT2D eigenvalue weighted by molar-refractivity contribution is -0.140. The van der Waals surface area contributed by atoms with Gasteiger partial charge in [-0.05, 0) is 25.3 Å². The standard InChI is InChI=1S/C17H26N4O3/c22-16-6-2-1-3-8-20(16)14-17(23)19-9-5-11-24-15(12-19)13-21-10-4-7-18-21/h4,7,10,15H,1-3,5-6,8-9,11-14H2/t15-/m1/s1. The van der Waals surface area contributed by atoms with Crippen LogP contribution in [0.25, 0.3) is 0 Å². The lowest BCUT2D eigenvalue weighted by atomic mass is 10.2. The average Bonchev–Trinajstić information content (AvgIpc) is 2.85. The number of hydrogen-bond donors (Lipinski definition) is 0. The first-order valence-corrected chi connectivity index (χ1v) is 8.87. The number of amides is 2. The molecule has 0 aromatic carbocycles. The van der Waals surface area contributed by atoms with Crippen molar-refractivity contribution in [1.29, 1.82) is 0 Å². The molecule has 3 rings (SSSR count). The van der Waals surface area contributed by atoms with E-state index in [9.17, 15) is 9.59 Å². The van der Waals surface area contributed by atoms with Crippen LogP contribution in [-0.2, 0) is 20.9 Å². The molecule has 7 nitrogen and oxygen atoms in total. The van der Waals surface area contributed by atoms with Crippen LogP contribution < -0.4 is 0 Å². The highest BCUT2D eigenvalue weighted by atomic mass is 16.5. The Labute approximate surface area is 142 Å². The summed E-state index contributed by atoms with van der Waals surface area (Å²) in [5.41, 5.74) is 0. The molecule has 2 saturated heterocycles. The summed E-state index contributed by atoms with van der Waals surface area (Å²) in [6.45, 7) is 3.44. The summed E-state index contributed by atoms with van der Waals surface area (Å²) < 4.78 is 7.68. The summed E-state index contributed by atoms with van der Waals surface area (Å²) in [6.07, 6.45) is 7.97. The van der Waals surface area contributed by atoms with Gasteiger partial charge in [0.15, 0.2) is 0 Å². The maximum Gasteiger partial charge on any atom is 0.242 e. The van der Waals surface area contributed by atoms with Crippen molar-refractivity contribution < 1.29 is 14.3 Å². The van der Waals surface area contributed by atoms with Crippen LogP contribution in [0.1, 0.15) is 32.1 Å². The molecule has 0 radical (unpaired) electrons. The highest BCUT2D eigenvalue weighted by molar-refractivity contribution is 5.85. The van der Waals surface area contributed by atoms with Gasteiger partial charge in [0, 0.05) is 45.1 Å². The number of carbonyl (C=O) groups excluding carboxylic acids is 2. The number of carbonyl (C=O) groups is 2. The first kappa shape index (κ1) is 17.0. The summed E-state index contributed by atoms with van der Waals surface area (Å²) in [7, 11) is 0. The van der Waals surface area contributed by atoms with Crippen molar-refractivity contribution in [3.63, 3.8) is 0 Å². The van der Waals surface area contributed by atoms with Crippen molar-refractivity contribution >= 4 is 11.8 Å². The van der Waals surface area contributed by atoms with Gasteiger partial charge in [0.2, 0.25) is 11.8 Å². The Balaban J connectivity index is 1.57. The van der Waals surface area contributed by atoms with Crippen LogP contribution in [0.4, 0.5) is 0 Å². The van der Waals surface area contributed by atoms with E-state index in [2.05, 4.69) is 5.10 Å². The molecule has 24 heavy (non-hydrogen) atoms. The van der Waals surface area contributed by atoms with Crippen LogP contribution in [0.2, 0.25) is 0 Å². The van der Waals surface area contributed by atoms with E-state index >= 15 is 0 Å². The van der Waals surface area contributed by atoms with Crippen molar-refractivity contribution in [2.45, 2.75) is 44.8 Å². The van der Waals surface area contributed by atoms with E-state index in [0.29, 0.717) is 39.2 Å². The second kappa shape index (κ2) is 8.28. The topological polar surface area (TPSA) is 67.7 Å². The minimum absolute atomic E-state index is 0.0289. The summed E-state index contributed by atoms with van der Waals surface area (Å²) in [5.74, 6) is 0.140. The molecule has 1 aromatic heterocycles. The predicted molar refractivity (Wildman–Crippen MR) is 88.2 cm³/mol. The molecule has 2 amide bonds. The van der Waals surface area contributed by atoms with Gasteiger partial charge in [-0.25, -0.2) is 0 Å². The molecule has 2 fully saturated rings. The van der Waals surface area contributed by atoms with E-state index in [4.69, 9.17) is 4.74 Å².